The number of para-hydroxylation sites is 1. The van der Waals surface area contributed by atoms with Crippen LogP contribution in [0.15, 0.2) is 196 Å². The molecule has 1 atom stereocenters. The fourth-order valence-electron chi connectivity index (χ4n) is 8.61. The first-order chi connectivity index (χ1) is 28.2. The van der Waals surface area contributed by atoms with Gasteiger partial charge in [0, 0.05) is 47.5 Å². The van der Waals surface area contributed by atoms with E-state index in [0.29, 0.717) is 5.84 Å². The Morgan fingerprint density at radius 1 is 0.509 bits per heavy atom. The molecule has 5 nitrogen and oxygen atoms in total. The van der Waals surface area contributed by atoms with Gasteiger partial charge >= 0.3 is 0 Å². The highest BCUT2D eigenvalue weighted by molar-refractivity contribution is 7.26. The van der Waals surface area contributed by atoms with E-state index in [1.807, 2.05) is 35.6 Å². The fraction of sp³-hybridized carbons (Fsp3) is 0.0196. The van der Waals surface area contributed by atoms with Crippen molar-refractivity contribution < 1.29 is 4.42 Å². The summed E-state index contributed by atoms with van der Waals surface area (Å²) in [6, 6.07) is 64.2. The maximum Gasteiger partial charge on any atom is 0.159 e. The number of aliphatic imine (C=N–C) groups is 2. The number of furan rings is 1. The summed E-state index contributed by atoms with van der Waals surface area (Å²) >= 11 is 1.88. The van der Waals surface area contributed by atoms with Crippen LogP contribution in [0.5, 0.6) is 0 Å². The Balaban J connectivity index is 0.998. The maximum atomic E-state index is 6.71. The third-order valence-electron chi connectivity index (χ3n) is 11.3. The molecule has 1 N–H and O–H groups in total. The summed E-state index contributed by atoms with van der Waals surface area (Å²) in [5.74, 6) is 1.43. The Morgan fingerprint density at radius 2 is 1.21 bits per heavy atom. The van der Waals surface area contributed by atoms with Crippen molar-refractivity contribution in [1.29, 1.82) is 0 Å². The number of amidine groups is 2. The third kappa shape index (κ3) is 5.08. The molecule has 11 aromatic rings. The maximum absolute atomic E-state index is 6.71. The molecule has 3 aromatic heterocycles. The smallest absolute Gasteiger partial charge is 0.159 e. The van der Waals surface area contributed by atoms with Gasteiger partial charge in [-0.05, 0) is 59.2 Å². The van der Waals surface area contributed by atoms with Crippen molar-refractivity contribution in [2.45, 2.75) is 6.17 Å². The van der Waals surface area contributed by atoms with E-state index in [1.165, 1.54) is 47.5 Å². The van der Waals surface area contributed by atoms with Crippen molar-refractivity contribution >= 4 is 86.9 Å². The van der Waals surface area contributed by atoms with Gasteiger partial charge in [0.15, 0.2) is 5.84 Å². The first kappa shape index (κ1) is 32.0. The van der Waals surface area contributed by atoms with E-state index in [1.54, 1.807) is 0 Å². The number of rotatable bonds is 5. The Bertz CT molecular complexity index is 3430. The monoisotopic (exact) mass is 748 g/mol. The van der Waals surface area contributed by atoms with Crippen LogP contribution in [-0.4, -0.2) is 16.2 Å². The topological polar surface area (TPSA) is 54.8 Å². The summed E-state index contributed by atoms with van der Waals surface area (Å²) in [7, 11) is 0. The minimum absolute atomic E-state index is 0.303. The molecule has 0 aliphatic carbocycles. The standard InChI is InChI=1S/C51H32N4OS/c1-3-12-31(13-4-1)32-22-24-34(25-23-32)50-52-49(33-14-5-2-6-15-33)53-51(54-50)35-26-27-39-44(30-35)56-43-20-11-19-41(46(39)43)55-40-18-9-7-17-38(40)47-42(55)29-28-37-36-16-8-10-21-45(36)57-48(37)47/h1-30,49H,(H,52,53,54). The highest BCUT2D eigenvalue weighted by Gasteiger charge is 2.24. The molecule has 0 bridgehead atoms. The first-order valence-electron chi connectivity index (χ1n) is 19.2. The lowest BCUT2D eigenvalue weighted by Gasteiger charge is -2.23. The van der Waals surface area contributed by atoms with Crippen molar-refractivity contribution in [1.82, 2.24) is 9.88 Å². The number of aromatic nitrogens is 1. The van der Waals surface area contributed by atoms with Crippen LogP contribution in [0.4, 0.5) is 0 Å². The minimum atomic E-state index is -0.303. The molecule has 6 heteroatoms. The number of benzene rings is 8. The lowest BCUT2D eigenvalue weighted by molar-refractivity contribution is 0.666. The molecule has 4 heterocycles. The molecule has 12 rings (SSSR count). The summed E-state index contributed by atoms with van der Waals surface area (Å²) in [6.45, 7) is 0. The average Bonchev–Trinajstić information content (AvgIpc) is 3.96. The third-order valence-corrected chi connectivity index (χ3v) is 12.5. The van der Waals surface area contributed by atoms with E-state index in [2.05, 4.69) is 168 Å². The van der Waals surface area contributed by atoms with Crippen molar-refractivity contribution in [2.24, 2.45) is 9.98 Å². The van der Waals surface area contributed by atoms with Gasteiger partial charge in [-0.25, -0.2) is 9.98 Å². The van der Waals surface area contributed by atoms with E-state index >= 15 is 0 Å². The molecule has 1 aliphatic heterocycles. The van der Waals surface area contributed by atoms with Gasteiger partial charge in [-0.3, -0.25) is 0 Å². The van der Waals surface area contributed by atoms with E-state index in [0.717, 1.165) is 55.7 Å². The van der Waals surface area contributed by atoms with Gasteiger partial charge in [0.2, 0.25) is 0 Å². The van der Waals surface area contributed by atoms with Gasteiger partial charge in [-0.2, -0.15) is 0 Å². The highest BCUT2D eigenvalue weighted by Crippen LogP contribution is 2.45. The van der Waals surface area contributed by atoms with Gasteiger partial charge in [-0.1, -0.05) is 140 Å². The molecule has 0 saturated carbocycles. The minimum Gasteiger partial charge on any atom is -0.456 e. The Morgan fingerprint density at radius 3 is 2.07 bits per heavy atom. The zero-order chi connectivity index (χ0) is 37.5. The van der Waals surface area contributed by atoms with Crippen LogP contribution in [0.2, 0.25) is 0 Å². The summed E-state index contributed by atoms with van der Waals surface area (Å²) in [4.78, 5) is 10.2. The summed E-state index contributed by atoms with van der Waals surface area (Å²) in [6.07, 6.45) is -0.303. The Kier molecular flexibility index (Phi) is 7.09. The second kappa shape index (κ2) is 12.6. The number of nitrogens with one attached hydrogen (secondary N) is 1. The van der Waals surface area contributed by atoms with Crippen molar-refractivity contribution in [2.75, 3.05) is 0 Å². The number of thiophene rings is 1. The Labute approximate surface area is 331 Å². The van der Waals surface area contributed by atoms with E-state index < -0.39 is 0 Å². The van der Waals surface area contributed by atoms with Crippen LogP contribution in [0.3, 0.4) is 0 Å². The van der Waals surface area contributed by atoms with Crippen molar-refractivity contribution in [3.05, 3.63) is 199 Å². The molecule has 0 fully saturated rings. The molecule has 0 amide bonds. The predicted octanol–water partition coefficient (Wildman–Crippen LogP) is 13.2. The van der Waals surface area contributed by atoms with Gasteiger partial charge < -0.3 is 14.3 Å². The predicted molar refractivity (Wildman–Crippen MR) is 238 cm³/mol. The second-order valence-electron chi connectivity index (χ2n) is 14.6. The molecule has 1 unspecified atom stereocenters. The van der Waals surface area contributed by atoms with Gasteiger partial charge in [-0.15, -0.1) is 11.3 Å². The van der Waals surface area contributed by atoms with Crippen LogP contribution in [-0.2, 0) is 0 Å². The van der Waals surface area contributed by atoms with Crippen molar-refractivity contribution in [3.8, 4) is 16.8 Å². The van der Waals surface area contributed by atoms with E-state index in [9.17, 15) is 0 Å². The van der Waals surface area contributed by atoms with E-state index in [-0.39, 0.29) is 6.17 Å². The summed E-state index contributed by atoms with van der Waals surface area (Å²) in [5, 5.41) is 10.9. The molecule has 57 heavy (non-hydrogen) atoms. The van der Waals surface area contributed by atoms with Gasteiger partial charge in [0.25, 0.3) is 0 Å². The molecule has 0 radical (unpaired) electrons. The van der Waals surface area contributed by atoms with E-state index in [4.69, 9.17) is 14.4 Å². The van der Waals surface area contributed by atoms with Crippen molar-refractivity contribution in [3.63, 3.8) is 0 Å². The van der Waals surface area contributed by atoms with Crippen LogP contribution in [0.1, 0.15) is 22.9 Å². The van der Waals surface area contributed by atoms with Crippen LogP contribution in [0.25, 0.3) is 80.7 Å². The number of nitrogens with zero attached hydrogens (tertiary/aromatic N) is 3. The van der Waals surface area contributed by atoms with Crippen LogP contribution >= 0.6 is 11.3 Å². The van der Waals surface area contributed by atoms with Crippen LogP contribution in [0, 0.1) is 0 Å². The zero-order valence-electron chi connectivity index (χ0n) is 30.6. The molecule has 0 spiro atoms. The number of fused-ring (bicyclic) bond motifs is 10. The number of hydrogen-bond acceptors (Lipinski definition) is 5. The molecule has 268 valence electrons. The molecule has 1 aliphatic rings. The quantitative estimate of drug-likeness (QED) is 0.191. The average molecular weight is 749 g/mol. The molecule has 8 aromatic carbocycles. The highest BCUT2D eigenvalue weighted by atomic mass is 32.1. The summed E-state index contributed by atoms with van der Waals surface area (Å²) < 4.78 is 11.8. The van der Waals surface area contributed by atoms with Gasteiger partial charge in [0.1, 0.15) is 23.2 Å². The van der Waals surface area contributed by atoms with Gasteiger partial charge in [0.05, 0.1) is 22.1 Å². The zero-order valence-corrected chi connectivity index (χ0v) is 31.4. The fourth-order valence-corrected chi connectivity index (χ4v) is 9.87. The largest absolute Gasteiger partial charge is 0.456 e. The normalized spacial score (nSPS) is 14.5. The first-order valence-corrected chi connectivity index (χ1v) is 20.0. The lowest BCUT2D eigenvalue weighted by atomic mass is 10.0. The second-order valence-corrected chi connectivity index (χ2v) is 15.6. The lowest BCUT2D eigenvalue weighted by Crippen LogP contribution is -2.33. The summed E-state index contributed by atoms with van der Waals surface area (Å²) in [5.41, 5.74) is 10.4. The van der Waals surface area contributed by atoms with Crippen LogP contribution < -0.4 is 5.32 Å². The number of hydrogen-bond donors (Lipinski definition) is 1. The molecular formula is C51H32N4OS. The SMILES string of the molecule is c1ccc(-c2ccc(C3=NC(c4ccccc4)NC(c4ccc5c(c4)oc4cccc(-n6c7ccccc7c7c8sc9ccccc9c8ccc76)c45)=N3)cc2)cc1. The molecule has 0 saturated heterocycles. The molecular weight excluding hydrogens is 717 g/mol. The Hall–Kier alpha value is -7.28.